The predicted molar refractivity (Wildman–Crippen MR) is 135 cm³/mol. The van der Waals surface area contributed by atoms with Gasteiger partial charge in [0.2, 0.25) is 0 Å². The van der Waals surface area contributed by atoms with E-state index in [2.05, 4.69) is 11.4 Å². The third-order valence-electron chi connectivity index (χ3n) is 7.08. The van der Waals surface area contributed by atoms with Crippen molar-refractivity contribution in [1.29, 1.82) is 0 Å². The molecule has 1 aromatic heterocycles. The van der Waals surface area contributed by atoms with Gasteiger partial charge in [0.15, 0.2) is 5.78 Å². The van der Waals surface area contributed by atoms with Crippen molar-refractivity contribution < 1.29 is 28.6 Å². The molecule has 2 aliphatic heterocycles. The van der Waals surface area contributed by atoms with Crippen molar-refractivity contribution in [2.75, 3.05) is 20.3 Å². The van der Waals surface area contributed by atoms with Crippen LogP contribution in [-0.2, 0) is 23.8 Å². The standard InChI is InChI=1S/C28H29NO6S/c1-16-24(28(32)35-15-20-5-3-11-34-20)25(17-7-9-18(10-8-17)27(31)33-2)26-21(29-16)13-19(14-22(26)30)23-6-4-12-36-23/h4,6-10,12,19-20,25,29H,3,5,11,13-15H2,1-2H3/t19-,20-,25-/m1/s1. The van der Waals surface area contributed by atoms with Gasteiger partial charge in [0.25, 0.3) is 0 Å². The first kappa shape index (κ1) is 24.5. The largest absolute Gasteiger partial charge is 0.465 e. The zero-order valence-corrected chi connectivity index (χ0v) is 21.2. The lowest BCUT2D eigenvalue weighted by molar-refractivity contribution is -0.142. The average molecular weight is 508 g/mol. The summed E-state index contributed by atoms with van der Waals surface area (Å²) < 4.78 is 16.1. The SMILES string of the molecule is COC(=O)c1ccc([C@@H]2C(C(=O)OC[C@H]3CCCO3)=C(C)NC3=C2C(=O)C[C@H](c2cccs2)C3)cc1. The fourth-order valence-electron chi connectivity index (χ4n) is 5.32. The summed E-state index contributed by atoms with van der Waals surface area (Å²) in [5.74, 6) is -1.37. The molecule has 3 heterocycles. The minimum Gasteiger partial charge on any atom is -0.465 e. The van der Waals surface area contributed by atoms with Gasteiger partial charge in [-0.05, 0) is 55.3 Å². The highest BCUT2D eigenvalue weighted by Gasteiger charge is 2.41. The highest BCUT2D eigenvalue weighted by atomic mass is 32.1. The van der Waals surface area contributed by atoms with E-state index in [0.717, 1.165) is 24.1 Å². The number of carbonyl (C=O) groups is 3. The maximum Gasteiger partial charge on any atom is 0.337 e. The van der Waals surface area contributed by atoms with Crippen molar-refractivity contribution in [3.63, 3.8) is 0 Å². The first-order valence-corrected chi connectivity index (χ1v) is 13.1. The summed E-state index contributed by atoms with van der Waals surface area (Å²) >= 11 is 1.65. The molecule has 1 fully saturated rings. The molecular formula is C28H29NO6S. The first-order chi connectivity index (χ1) is 17.5. The molecular weight excluding hydrogens is 478 g/mol. The summed E-state index contributed by atoms with van der Waals surface area (Å²) in [5.41, 5.74) is 3.69. The van der Waals surface area contributed by atoms with E-state index in [4.69, 9.17) is 14.2 Å². The average Bonchev–Trinajstić information content (AvgIpc) is 3.61. The molecule has 3 aliphatic rings. The predicted octanol–water partition coefficient (Wildman–Crippen LogP) is 4.62. The van der Waals surface area contributed by atoms with Crippen LogP contribution in [0.25, 0.3) is 0 Å². The molecule has 0 spiro atoms. The number of thiophene rings is 1. The van der Waals surface area contributed by atoms with Gasteiger partial charge in [0.05, 0.1) is 24.4 Å². The highest BCUT2D eigenvalue weighted by Crippen LogP contribution is 2.46. The molecule has 1 aromatic carbocycles. The number of ketones is 1. The molecule has 0 saturated carbocycles. The Hall–Kier alpha value is -3.23. The number of benzene rings is 1. The lowest BCUT2D eigenvalue weighted by Gasteiger charge is -2.36. The Bertz CT molecular complexity index is 1220. The molecule has 1 saturated heterocycles. The number of Topliss-reactive ketones (excluding diaryl/α,β-unsaturated/α-hetero) is 1. The van der Waals surface area contributed by atoms with Crippen LogP contribution in [-0.4, -0.2) is 44.1 Å². The number of esters is 2. The fourth-order valence-corrected chi connectivity index (χ4v) is 6.15. The van der Waals surface area contributed by atoms with E-state index in [-0.39, 0.29) is 24.4 Å². The molecule has 5 rings (SSSR count). The molecule has 188 valence electrons. The van der Waals surface area contributed by atoms with Gasteiger partial charge in [0.1, 0.15) is 6.61 Å². The molecule has 1 aliphatic carbocycles. The molecule has 0 amide bonds. The number of ether oxygens (including phenoxy) is 3. The van der Waals surface area contributed by atoms with Gasteiger partial charge in [0, 0.05) is 46.7 Å². The number of nitrogens with one attached hydrogen (secondary N) is 1. The van der Waals surface area contributed by atoms with Gasteiger partial charge in [-0.25, -0.2) is 9.59 Å². The Morgan fingerprint density at radius 1 is 1.14 bits per heavy atom. The van der Waals surface area contributed by atoms with Gasteiger partial charge in [-0.2, -0.15) is 0 Å². The van der Waals surface area contributed by atoms with E-state index >= 15 is 0 Å². The molecule has 8 heteroatoms. The summed E-state index contributed by atoms with van der Waals surface area (Å²) in [6.07, 6.45) is 2.79. The lowest BCUT2D eigenvalue weighted by Crippen LogP contribution is -2.36. The first-order valence-electron chi connectivity index (χ1n) is 12.2. The van der Waals surface area contributed by atoms with Crippen molar-refractivity contribution in [3.8, 4) is 0 Å². The van der Waals surface area contributed by atoms with Crippen LogP contribution in [0.4, 0.5) is 0 Å². The van der Waals surface area contributed by atoms with Crippen LogP contribution in [0.15, 0.2) is 64.3 Å². The Morgan fingerprint density at radius 2 is 1.94 bits per heavy atom. The van der Waals surface area contributed by atoms with Crippen LogP contribution >= 0.6 is 11.3 Å². The molecule has 3 atom stereocenters. The van der Waals surface area contributed by atoms with Crippen molar-refractivity contribution in [1.82, 2.24) is 5.32 Å². The summed E-state index contributed by atoms with van der Waals surface area (Å²) in [4.78, 5) is 40.2. The number of rotatable bonds is 6. The fraction of sp³-hybridized carbons (Fsp3) is 0.393. The minimum atomic E-state index is -0.582. The van der Waals surface area contributed by atoms with Crippen LogP contribution in [0.2, 0.25) is 0 Å². The van der Waals surface area contributed by atoms with Crippen molar-refractivity contribution in [2.24, 2.45) is 0 Å². The summed E-state index contributed by atoms with van der Waals surface area (Å²) in [7, 11) is 1.33. The molecule has 36 heavy (non-hydrogen) atoms. The number of allylic oxidation sites excluding steroid dienone is 3. The summed E-state index contributed by atoms with van der Waals surface area (Å²) in [6.45, 7) is 2.71. The summed E-state index contributed by atoms with van der Waals surface area (Å²) in [5, 5.41) is 5.40. The van der Waals surface area contributed by atoms with E-state index in [1.165, 1.54) is 12.0 Å². The van der Waals surface area contributed by atoms with Crippen LogP contribution in [0.1, 0.15) is 65.2 Å². The molecule has 1 N–H and O–H groups in total. The molecule has 0 bridgehead atoms. The zero-order valence-electron chi connectivity index (χ0n) is 20.4. The number of carbonyl (C=O) groups excluding carboxylic acids is 3. The van der Waals surface area contributed by atoms with Crippen LogP contribution < -0.4 is 5.32 Å². The topological polar surface area (TPSA) is 90.9 Å². The molecule has 7 nitrogen and oxygen atoms in total. The Kier molecular flexibility index (Phi) is 7.07. The van der Waals surface area contributed by atoms with E-state index in [1.807, 2.05) is 18.4 Å². The van der Waals surface area contributed by atoms with E-state index < -0.39 is 17.9 Å². The normalized spacial score (nSPS) is 23.8. The number of hydrogen-bond acceptors (Lipinski definition) is 8. The zero-order chi connectivity index (χ0) is 25.2. The lowest BCUT2D eigenvalue weighted by atomic mass is 9.72. The van der Waals surface area contributed by atoms with Gasteiger partial charge in [-0.3, -0.25) is 4.79 Å². The maximum absolute atomic E-state index is 13.6. The third-order valence-corrected chi connectivity index (χ3v) is 8.12. The van der Waals surface area contributed by atoms with Crippen molar-refractivity contribution in [3.05, 3.63) is 80.3 Å². The number of methoxy groups -OCH3 is 1. The summed E-state index contributed by atoms with van der Waals surface area (Å²) in [6, 6.07) is 11.0. The van der Waals surface area contributed by atoms with Gasteiger partial charge in [-0.15, -0.1) is 11.3 Å². The van der Waals surface area contributed by atoms with Gasteiger partial charge < -0.3 is 19.5 Å². The second kappa shape index (κ2) is 10.4. The second-order valence-corrected chi connectivity index (χ2v) is 10.4. The Morgan fingerprint density at radius 3 is 2.61 bits per heavy atom. The van der Waals surface area contributed by atoms with E-state index in [1.54, 1.807) is 35.6 Å². The quantitative estimate of drug-likeness (QED) is 0.571. The minimum absolute atomic E-state index is 0.0149. The Labute approximate surface area is 214 Å². The van der Waals surface area contributed by atoms with Crippen LogP contribution in [0, 0.1) is 0 Å². The molecule has 0 radical (unpaired) electrons. The van der Waals surface area contributed by atoms with Gasteiger partial charge >= 0.3 is 11.9 Å². The third kappa shape index (κ3) is 4.75. The number of dihydropyridines is 1. The molecule has 0 unspecified atom stereocenters. The Balaban J connectivity index is 1.51. The van der Waals surface area contributed by atoms with Crippen LogP contribution in [0.3, 0.4) is 0 Å². The van der Waals surface area contributed by atoms with E-state index in [9.17, 15) is 14.4 Å². The van der Waals surface area contributed by atoms with E-state index in [0.29, 0.717) is 41.9 Å². The monoisotopic (exact) mass is 507 g/mol. The van der Waals surface area contributed by atoms with Crippen LogP contribution in [0.5, 0.6) is 0 Å². The van der Waals surface area contributed by atoms with Crippen molar-refractivity contribution >= 4 is 29.1 Å². The second-order valence-electron chi connectivity index (χ2n) is 9.38. The smallest absolute Gasteiger partial charge is 0.337 e. The van der Waals surface area contributed by atoms with Gasteiger partial charge in [-0.1, -0.05) is 18.2 Å². The number of hydrogen-bond donors (Lipinski definition) is 1. The highest BCUT2D eigenvalue weighted by molar-refractivity contribution is 7.10. The van der Waals surface area contributed by atoms with Crippen molar-refractivity contribution in [2.45, 2.75) is 50.5 Å². The molecule has 2 aromatic rings. The maximum atomic E-state index is 13.6.